The van der Waals surface area contributed by atoms with Crippen LogP contribution in [0.2, 0.25) is 0 Å². The van der Waals surface area contributed by atoms with E-state index in [0.717, 1.165) is 11.1 Å². The number of amides is 1. The first-order chi connectivity index (χ1) is 14.4. The molecule has 7 heteroatoms. The van der Waals surface area contributed by atoms with Crippen molar-refractivity contribution < 1.29 is 28.5 Å². The van der Waals surface area contributed by atoms with E-state index in [4.69, 9.17) is 18.9 Å². The second-order valence-corrected chi connectivity index (χ2v) is 6.97. The Morgan fingerprint density at radius 1 is 1.13 bits per heavy atom. The molecule has 0 fully saturated rings. The van der Waals surface area contributed by atoms with E-state index in [-0.39, 0.29) is 0 Å². The van der Waals surface area contributed by atoms with Crippen LogP contribution in [0.25, 0.3) is 6.08 Å². The topological polar surface area (TPSA) is 83.1 Å². The van der Waals surface area contributed by atoms with Gasteiger partial charge in [0.15, 0.2) is 17.6 Å². The zero-order chi connectivity index (χ0) is 21.7. The molecule has 1 heterocycles. The van der Waals surface area contributed by atoms with Gasteiger partial charge in [0.2, 0.25) is 5.75 Å². The van der Waals surface area contributed by atoms with Gasteiger partial charge in [-0.3, -0.25) is 4.79 Å². The highest BCUT2D eigenvalue weighted by atomic mass is 16.6. The molecule has 0 spiro atoms. The molecule has 0 aromatic heterocycles. The largest absolute Gasteiger partial charge is 0.493 e. The fourth-order valence-electron chi connectivity index (χ4n) is 2.93. The molecule has 2 aromatic rings. The van der Waals surface area contributed by atoms with Crippen LogP contribution < -0.4 is 19.5 Å². The predicted molar refractivity (Wildman–Crippen MR) is 113 cm³/mol. The lowest BCUT2D eigenvalue weighted by atomic mass is 10.1. The molecule has 1 aliphatic heterocycles. The minimum atomic E-state index is -0.947. The van der Waals surface area contributed by atoms with Crippen LogP contribution in [0, 0.1) is 13.8 Å². The number of rotatable bonds is 6. The number of benzene rings is 2. The quantitative estimate of drug-likeness (QED) is 0.577. The molecule has 1 atom stereocenters. The number of carbonyl (C=O) groups excluding carboxylic acids is 2. The number of fused-ring (bicyclic) bond motifs is 1. The van der Waals surface area contributed by atoms with E-state index >= 15 is 0 Å². The maximum Gasteiger partial charge on any atom is 0.331 e. The highest BCUT2D eigenvalue weighted by Crippen LogP contribution is 2.40. The zero-order valence-electron chi connectivity index (χ0n) is 17.5. The molecule has 30 heavy (non-hydrogen) atoms. The van der Waals surface area contributed by atoms with E-state index in [9.17, 15) is 9.59 Å². The molecule has 0 aliphatic carbocycles. The Bertz CT molecular complexity index is 965. The Hall–Kier alpha value is -3.48. The van der Waals surface area contributed by atoms with Gasteiger partial charge in [-0.2, -0.15) is 0 Å². The summed E-state index contributed by atoms with van der Waals surface area (Å²) in [4.78, 5) is 24.5. The molecule has 0 radical (unpaired) electrons. The minimum absolute atomic E-state index is 0.397. The van der Waals surface area contributed by atoms with Crippen LogP contribution >= 0.6 is 0 Å². The number of hydrogen-bond donors (Lipinski definition) is 1. The molecule has 0 saturated carbocycles. The van der Waals surface area contributed by atoms with Gasteiger partial charge >= 0.3 is 5.97 Å². The van der Waals surface area contributed by atoms with Crippen molar-refractivity contribution in [2.45, 2.75) is 26.9 Å². The van der Waals surface area contributed by atoms with Crippen LogP contribution in [0.3, 0.4) is 0 Å². The fourth-order valence-corrected chi connectivity index (χ4v) is 2.93. The first-order valence-corrected chi connectivity index (χ1v) is 9.62. The van der Waals surface area contributed by atoms with Crippen molar-refractivity contribution >= 4 is 23.6 Å². The molecule has 0 unspecified atom stereocenters. The molecule has 3 rings (SSSR count). The highest BCUT2D eigenvalue weighted by molar-refractivity contribution is 5.97. The van der Waals surface area contributed by atoms with E-state index in [1.54, 1.807) is 18.2 Å². The molecule has 2 aromatic carbocycles. The highest BCUT2D eigenvalue weighted by Gasteiger charge is 2.19. The molecule has 1 amide bonds. The third-order valence-corrected chi connectivity index (χ3v) is 4.58. The van der Waals surface area contributed by atoms with Gasteiger partial charge < -0.3 is 24.3 Å². The summed E-state index contributed by atoms with van der Waals surface area (Å²) in [5.41, 5.74) is 3.33. The number of carbonyl (C=O) groups is 2. The van der Waals surface area contributed by atoms with Gasteiger partial charge in [-0.1, -0.05) is 12.1 Å². The van der Waals surface area contributed by atoms with Crippen LogP contribution in [0.5, 0.6) is 17.2 Å². The van der Waals surface area contributed by atoms with E-state index in [1.807, 2.05) is 32.0 Å². The molecule has 7 nitrogen and oxygen atoms in total. The zero-order valence-corrected chi connectivity index (χ0v) is 17.5. The van der Waals surface area contributed by atoms with Crippen molar-refractivity contribution in [3.05, 3.63) is 53.1 Å². The van der Waals surface area contributed by atoms with Crippen molar-refractivity contribution in [1.82, 2.24) is 0 Å². The van der Waals surface area contributed by atoms with Crippen molar-refractivity contribution in [3.8, 4) is 17.2 Å². The van der Waals surface area contributed by atoms with Crippen LogP contribution in [-0.2, 0) is 14.3 Å². The maximum atomic E-state index is 12.4. The molecule has 0 saturated heterocycles. The number of methoxy groups -OCH3 is 1. The molecular formula is C23H25NO6. The standard InChI is InChI=1S/C23H25NO6/c1-14-5-6-15(2)18(11-14)24-23(26)16(3)30-21(25)8-7-17-12-19(27-4)22-20(13-17)28-9-10-29-22/h5-8,11-13,16H,9-10H2,1-4H3,(H,24,26)/b8-7+/t16-/m0/s1. The number of anilines is 1. The Morgan fingerprint density at radius 3 is 2.67 bits per heavy atom. The van der Waals surface area contributed by atoms with Crippen molar-refractivity contribution in [2.75, 3.05) is 25.6 Å². The third kappa shape index (κ3) is 5.11. The monoisotopic (exact) mass is 411 g/mol. The third-order valence-electron chi connectivity index (χ3n) is 4.58. The summed E-state index contributed by atoms with van der Waals surface area (Å²) < 4.78 is 21.7. The van der Waals surface area contributed by atoms with Crippen molar-refractivity contribution in [3.63, 3.8) is 0 Å². The van der Waals surface area contributed by atoms with E-state index < -0.39 is 18.0 Å². The number of hydrogen-bond acceptors (Lipinski definition) is 6. The minimum Gasteiger partial charge on any atom is -0.493 e. The summed E-state index contributed by atoms with van der Waals surface area (Å²) in [6.45, 7) is 6.26. The number of ether oxygens (including phenoxy) is 4. The Kier molecular flexibility index (Phi) is 6.61. The Labute approximate surface area is 175 Å². The lowest BCUT2D eigenvalue weighted by Crippen LogP contribution is -2.29. The summed E-state index contributed by atoms with van der Waals surface area (Å²) in [7, 11) is 1.53. The van der Waals surface area contributed by atoms with Gasteiger partial charge in [0.25, 0.3) is 5.91 Å². The average molecular weight is 411 g/mol. The van der Waals surface area contributed by atoms with Crippen molar-refractivity contribution in [1.29, 1.82) is 0 Å². The average Bonchev–Trinajstić information content (AvgIpc) is 2.74. The normalized spacial score (nSPS) is 13.6. The Morgan fingerprint density at radius 2 is 1.90 bits per heavy atom. The number of nitrogens with one attached hydrogen (secondary N) is 1. The van der Waals surface area contributed by atoms with Gasteiger partial charge in [-0.15, -0.1) is 0 Å². The van der Waals surface area contributed by atoms with E-state index in [0.29, 0.717) is 41.7 Å². The van der Waals surface area contributed by atoms with Gasteiger partial charge in [-0.25, -0.2) is 4.79 Å². The maximum absolute atomic E-state index is 12.4. The summed E-state index contributed by atoms with van der Waals surface area (Å²) >= 11 is 0. The smallest absolute Gasteiger partial charge is 0.331 e. The van der Waals surface area contributed by atoms with Gasteiger partial charge in [0.05, 0.1) is 7.11 Å². The SMILES string of the molecule is COc1cc(/C=C/C(=O)O[C@@H](C)C(=O)Nc2cc(C)ccc2C)cc2c1OCCO2. The number of esters is 1. The van der Waals surface area contributed by atoms with Gasteiger partial charge in [0, 0.05) is 11.8 Å². The summed E-state index contributed by atoms with van der Waals surface area (Å²) in [5, 5.41) is 2.79. The summed E-state index contributed by atoms with van der Waals surface area (Å²) in [5.74, 6) is 0.579. The molecule has 1 N–H and O–H groups in total. The van der Waals surface area contributed by atoms with Crippen molar-refractivity contribution in [2.24, 2.45) is 0 Å². The molecule has 158 valence electrons. The second kappa shape index (κ2) is 9.35. The summed E-state index contributed by atoms with van der Waals surface area (Å²) in [6, 6.07) is 9.24. The lowest BCUT2D eigenvalue weighted by molar-refractivity contribution is -0.148. The van der Waals surface area contributed by atoms with Gasteiger partial charge in [0.1, 0.15) is 13.2 Å². The number of aryl methyl sites for hydroxylation is 2. The van der Waals surface area contributed by atoms with E-state index in [2.05, 4.69) is 5.32 Å². The van der Waals surface area contributed by atoms with Crippen LogP contribution in [0.15, 0.2) is 36.4 Å². The van der Waals surface area contributed by atoms with Crippen LogP contribution in [-0.4, -0.2) is 38.3 Å². The first kappa shape index (κ1) is 21.2. The van der Waals surface area contributed by atoms with E-state index in [1.165, 1.54) is 20.1 Å². The van der Waals surface area contributed by atoms with Crippen LogP contribution in [0.4, 0.5) is 5.69 Å². The molecule has 0 bridgehead atoms. The Balaban J connectivity index is 1.62. The summed E-state index contributed by atoms with van der Waals surface area (Å²) in [6.07, 6.45) is 1.88. The lowest BCUT2D eigenvalue weighted by Gasteiger charge is -2.20. The molecular weight excluding hydrogens is 386 g/mol. The second-order valence-electron chi connectivity index (χ2n) is 6.97. The predicted octanol–water partition coefficient (Wildman–Crippen LogP) is 3.67. The fraction of sp³-hybridized carbons (Fsp3) is 0.304. The van der Waals surface area contributed by atoms with Gasteiger partial charge in [-0.05, 0) is 61.7 Å². The first-order valence-electron chi connectivity index (χ1n) is 9.62. The van der Waals surface area contributed by atoms with Crippen LogP contribution in [0.1, 0.15) is 23.6 Å². The molecule has 1 aliphatic rings.